The van der Waals surface area contributed by atoms with Gasteiger partial charge in [0.05, 0.1) is 11.8 Å². The summed E-state index contributed by atoms with van der Waals surface area (Å²) in [6.07, 6.45) is 2.78. The topological polar surface area (TPSA) is 87.7 Å². The fraction of sp³-hybridized carbons (Fsp3) is 0.529. The maximum Gasteiger partial charge on any atom is 0.268 e. The summed E-state index contributed by atoms with van der Waals surface area (Å²) in [5.41, 5.74) is 0.121. The van der Waals surface area contributed by atoms with Gasteiger partial charge in [0.25, 0.3) is 11.8 Å². The van der Waals surface area contributed by atoms with Gasteiger partial charge in [-0.2, -0.15) is 0 Å². The molecule has 1 aromatic carbocycles. The van der Waals surface area contributed by atoms with Gasteiger partial charge in [0.2, 0.25) is 0 Å². The van der Waals surface area contributed by atoms with Crippen LogP contribution in [0.2, 0.25) is 0 Å². The van der Waals surface area contributed by atoms with Crippen molar-refractivity contribution in [2.75, 3.05) is 5.32 Å². The minimum absolute atomic E-state index is 0.0963. The monoisotopic (exact) mass is 318 g/mol. The third kappa shape index (κ3) is 3.32. The first kappa shape index (κ1) is 15.8. The van der Waals surface area contributed by atoms with Gasteiger partial charge in [-0.1, -0.05) is 0 Å². The zero-order chi connectivity index (χ0) is 16.6. The molecule has 0 atom stereocenters. The third-order valence-corrected chi connectivity index (χ3v) is 4.44. The number of aliphatic hydroxyl groups is 1. The number of nitrogens with one attached hydrogen (secondary N) is 2. The summed E-state index contributed by atoms with van der Waals surface area (Å²) in [5, 5.41) is 15.3. The Labute approximate surface area is 135 Å². The molecule has 1 heterocycles. The van der Waals surface area contributed by atoms with Gasteiger partial charge in [-0.15, -0.1) is 0 Å². The number of fused-ring (bicyclic) bond motifs is 1. The number of anilines is 1. The predicted molar refractivity (Wildman–Crippen MR) is 85.5 cm³/mol. The molecule has 0 bridgehead atoms. The maximum absolute atomic E-state index is 12.4. The van der Waals surface area contributed by atoms with Crippen LogP contribution in [0.4, 0.5) is 5.69 Å². The first-order valence-electron chi connectivity index (χ1n) is 7.98. The van der Waals surface area contributed by atoms with Crippen LogP contribution in [0.3, 0.4) is 0 Å². The molecule has 6 nitrogen and oxygen atoms in total. The van der Waals surface area contributed by atoms with E-state index in [4.69, 9.17) is 4.74 Å². The molecule has 6 heteroatoms. The van der Waals surface area contributed by atoms with Gasteiger partial charge in [-0.25, -0.2) is 0 Å². The Bertz CT molecular complexity index is 633. The first-order chi connectivity index (χ1) is 10.8. The number of aliphatic hydroxyl groups excluding tert-OH is 1. The lowest BCUT2D eigenvalue weighted by molar-refractivity contribution is -0.129. The lowest BCUT2D eigenvalue weighted by Crippen LogP contribution is -2.45. The van der Waals surface area contributed by atoms with E-state index in [1.165, 1.54) is 0 Å². The van der Waals surface area contributed by atoms with Gasteiger partial charge < -0.3 is 20.5 Å². The highest BCUT2D eigenvalue weighted by atomic mass is 16.5. The molecular weight excluding hydrogens is 296 g/mol. The van der Waals surface area contributed by atoms with Crippen LogP contribution < -0.4 is 15.4 Å². The van der Waals surface area contributed by atoms with Gasteiger partial charge in [0.1, 0.15) is 5.75 Å². The van der Waals surface area contributed by atoms with E-state index >= 15 is 0 Å². The molecular formula is C17H22N2O4. The molecule has 1 aliphatic heterocycles. The summed E-state index contributed by atoms with van der Waals surface area (Å²) in [6, 6.07) is 5.11. The summed E-state index contributed by atoms with van der Waals surface area (Å²) in [6.45, 7) is 3.37. The molecule has 23 heavy (non-hydrogen) atoms. The second-order valence-electron chi connectivity index (χ2n) is 6.76. The highest BCUT2D eigenvalue weighted by Crippen LogP contribution is 2.34. The van der Waals surface area contributed by atoms with Crippen LogP contribution in [-0.2, 0) is 4.79 Å². The number of rotatable bonds is 2. The number of hydrogen-bond acceptors (Lipinski definition) is 4. The number of amides is 2. The van der Waals surface area contributed by atoms with Crippen molar-refractivity contribution in [1.82, 2.24) is 5.32 Å². The van der Waals surface area contributed by atoms with Gasteiger partial charge >= 0.3 is 0 Å². The molecule has 1 saturated carbocycles. The van der Waals surface area contributed by atoms with Crippen molar-refractivity contribution in [2.45, 2.75) is 57.3 Å². The molecule has 1 aliphatic carbocycles. The van der Waals surface area contributed by atoms with Crippen molar-refractivity contribution in [2.24, 2.45) is 0 Å². The summed E-state index contributed by atoms with van der Waals surface area (Å²) >= 11 is 0. The molecule has 1 aromatic rings. The Morgan fingerprint density at radius 1 is 1.30 bits per heavy atom. The second-order valence-corrected chi connectivity index (χ2v) is 6.76. The van der Waals surface area contributed by atoms with Gasteiger partial charge in [-0.3, -0.25) is 9.59 Å². The van der Waals surface area contributed by atoms with Gasteiger partial charge in [-0.05, 0) is 57.7 Å². The average Bonchev–Trinajstić information content (AvgIpc) is 2.50. The van der Waals surface area contributed by atoms with E-state index in [2.05, 4.69) is 10.6 Å². The van der Waals surface area contributed by atoms with Crippen molar-refractivity contribution >= 4 is 17.5 Å². The Hall–Kier alpha value is -2.08. The van der Waals surface area contributed by atoms with Crippen LogP contribution in [0.15, 0.2) is 18.2 Å². The first-order valence-corrected chi connectivity index (χ1v) is 7.98. The van der Waals surface area contributed by atoms with Crippen LogP contribution in [-0.4, -0.2) is 34.7 Å². The van der Waals surface area contributed by atoms with E-state index in [0.717, 1.165) is 25.7 Å². The number of ether oxygens (including phenoxy) is 1. The number of carbonyl (C=O) groups is 2. The Morgan fingerprint density at radius 3 is 2.70 bits per heavy atom. The quantitative estimate of drug-likeness (QED) is 0.776. The molecule has 0 aromatic heterocycles. The van der Waals surface area contributed by atoms with Crippen molar-refractivity contribution in [3.63, 3.8) is 0 Å². The zero-order valence-electron chi connectivity index (χ0n) is 13.4. The van der Waals surface area contributed by atoms with Crippen molar-refractivity contribution in [1.29, 1.82) is 0 Å². The normalized spacial score (nSPS) is 25.8. The van der Waals surface area contributed by atoms with Crippen LogP contribution in [0.25, 0.3) is 0 Å². The molecule has 3 N–H and O–H groups in total. The molecule has 124 valence electrons. The lowest BCUT2D eigenvalue weighted by Gasteiger charge is -2.31. The van der Waals surface area contributed by atoms with Crippen molar-refractivity contribution < 1.29 is 19.4 Å². The van der Waals surface area contributed by atoms with E-state index in [0.29, 0.717) is 17.0 Å². The molecule has 2 aliphatic rings. The van der Waals surface area contributed by atoms with Crippen molar-refractivity contribution in [3.05, 3.63) is 23.8 Å². The molecule has 2 amide bonds. The highest BCUT2D eigenvalue weighted by molar-refractivity contribution is 6.02. The Morgan fingerprint density at radius 2 is 2.00 bits per heavy atom. The number of benzene rings is 1. The van der Waals surface area contributed by atoms with Crippen LogP contribution in [0, 0.1) is 0 Å². The largest absolute Gasteiger partial charge is 0.476 e. The minimum Gasteiger partial charge on any atom is -0.476 e. The molecule has 1 fully saturated rings. The number of carbonyl (C=O) groups excluding carboxylic acids is 2. The fourth-order valence-electron chi connectivity index (χ4n) is 2.93. The van der Waals surface area contributed by atoms with E-state index in [1.807, 2.05) is 0 Å². The summed E-state index contributed by atoms with van der Waals surface area (Å²) in [4.78, 5) is 24.2. The summed E-state index contributed by atoms with van der Waals surface area (Å²) in [7, 11) is 0. The van der Waals surface area contributed by atoms with E-state index in [-0.39, 0.29) is 24.0 Å². The van der Waals surface area contributed by atoms with Crippen LogP contribution in [0.1, 0.15) is 49.9 Å². The van der Waals surface area contributed by atoms with E-state index in [9.17, 15) is 14.7 Å². The summed E-state index contributed by atoms with van der Waals surface area (Å²) < 4.78 is 5.70. The maximum atomic E-state index is 12.4. The van der Waals surface area contributed by atoms with Crippen LogP contribution in [0.5, 0.6) is 5.75 Å². The molecule has 0 radical (unpaired) electrons. The molecule has 3 rings (SSSR count). The fourth-order valence-corrected chi connectivity index (χ4v) is 2.93. The standard InChI is InChI=1S/C17H22N2O4/c1-17(2)16(22)19-13-8-3-10(9-14(13)23-17)15(21)18-11-4-6-12(20)7-5-11/h3,8-9,11-12,20H,4-7H2,1-2H3,(H,18,21)(H,19,22). The smallest absolute Gasteiger partial charge is 0.268 e. The summed E-state index contributed by atoms with van der Waals surface area (Å²) in [5.74, 6) is 0.136. The van der Waals surface area contributed by atoms with Gasteiger partial charge in [0, 0.05) is 11.6 Å². The SMILES string of the molecule is CC1(C)Oc2cc(C(=O)NC3CCC(O)CC3)ccc2NC1=O. The van der Waals surface area contributed by atoms with Crippen molar-refractivity contribution in [3.8, 4) is 5.75 Å². The number of hydrogen-bond donors (Lipinski definition) is 3. The predicted octanol–water partition coefficient (Wildman–Crippen LogP) is 1.83. The lowest BCUT2D eigenvalue weighted by atomic mass is 9.93. The Kier molecular flexibility index (Phi) is 4.02. The highest BCUT2D eigenvalue weighted by Gasteiger charge is 2.35. The second kappa shape index (κ2) is 5.85. The molecule has 0 unspecified atom stereocenters. The third-order valence-electron chi connectivity index (χ3n) is 4.44. The minimum atomic E-state index is -0.957. The van der Waals surface area contributed by atoms with E-state index in [1.54, 1.807) is 32.0 Å². The average molecular weight is 318 g/mol. The zero-order valence-corrected chi connectivity index (χ0v) is 13.4. The van der Waals surface area contributed by atoms with Gasteiger partial charge in [0.15, 0.2) is 5.60 Å². The molecule has 0 saturated heterocycles. The van der Waals surface area contributed by atoms with E-state index < -0.39 is 5.60 Å². The molecule has 0 spiro atoms. The Balaban J connectivity index is 1.72. The van der Waals surface area contributed by atoms with Crippen LogP contribution >= 0.6 is 0 Å².